The average Bonchev–Trinajstić information content (AvgIpc) is 2.79. The second kappa shape index (κ2) is 12.4. The molecule has 200 valence electrons. The van der Waals surface area contributed by atoms with Gasteiger partial charge in [0.25, 0.3) is 0 Å². The van der Waals surface area contributed by atoms with Gasteiger partial charge in [-0.2, -0.15) is 0 Å². The smallest absolute Gasteiger partial charge is 0.244 e. The Bertz CT molecular complexity index is 935. The molecule has 0 aromatic heterocycles. The van der Waals surface area contributed by atoms with Crippen molar-refractivity contribution in [2.24, 2.45) is 16.6 Å². The molecule has 2 aliphatic rings. The predicted molar refractivity (Wildman–Crippen MR) is 142 cm³/mol. The molecule has 0 radical (unpaired) electrons. The molecule has 1 fully saturated rings. The summed E-state index contributed by atoms with van der Waals surface area (Å²) in [6.07, 6.45) is 6.16. The Hall–Kier alpha value is -2.81. The highest BCUT2D eigenvalue weighted by molar-refractivity contribution is 5.98. The molecule has 0 saturated heterocycles. The van der Waals surface area contributed by atoms with E-state index < -0.39 is 11.8 Å². The normalized spacial score (nSPS) is 18.4. The number of nitrogens with zero attached hydrogens (tertiary/aromatic N) is 3. The van der Waals surface area contributed by atoms with Crippen LogP contribution < -0.4 is 15.8 Å². The SMILES string of the molecule is CC(O)N(C(=O)CN1Cc2cc(OCCCC(N)=O)ccc2NC1=NCC1CCCCC1)C(C)(C)C. The number of rotatable bonds is 10. The van der Waals surface area contributed by atoms with Crippen LogP contribution >= 0.6 is 0 Å². The Balaban J connectivity index is 1.78. The molecule has 1 atom stereocenters. The van der Waals surface area contributed by atoms with E-state index in [0.717, 1.165) is 17.8 Å². The van der Waals surface area contributed by atoms with Gasteiger partial charge in [0.2, 0.25) is 11.8 Å². The monoisotopic (exact) mass is 501 g/mol. The van der Waals surface area contributed by atoms with E-state index >= 15 is 0 Å². The Morgan fingerprint density at radius 1 is 1.28 bits per heavy atom. The minimum Gasteiger partial charge on any atom is -0.494 e. The fourth-order valence-electron chi connectivity index (χ4n) is 5.07. The van der Waals surface area contributed by atoms with Crippen molar-refractivity contribution in [1.29, 1.82) is 0 Å². The van der Waals surface area contributed by atoms with E-state index in [-0.39, 0.29) is 24.8 Å². The number of nitrogens with two attached hydrogens (primary N) is 1. The van der Waals surface area contributed by atoms with Crippen molar-refractivity contribution in [3.8, 4) is 5.75 Å². The molecular formula is C27H43N5O4. The molecule has 1 heterocycles. The zero-order valence-corrected chi connectivity index (χ0v) is 22.3. The molecular weight excluding hydrogens is 458 g/mol. The van der Waals surface area contributed by atoms with Crippen molar-refractivity contribution in [1.82, 2.24) is 9.80 Å². The van der Waals surface area contributed by atoms with Gasteiger partial charge in [0, 0.05) is 30.7 Å². The number of aliphatic hydroxyl groups is 1. The number of aliphatic hydroxyl groups excluding tert-OH is 1. The number of nitrogens with one attached hydrogen (secondary N) is 1. The van der Waals surface area contributed by atoms with Crippen LogP contribution in [0.25, 0.3) is 0 Å². The topological polar surface area (TPSA) is 120 Å². The van der Waals surface area contributed by atoms with E-state index in [1.54, 1.807) is 6.92 Å². The summed E-state index contributed by atoms with van der Waals surface area (Å²) in [5, 5.41) is 13.7. The number of carbonyl (C=O) groups is 2. The summed E-state index contributed by atoms with van der Waals surface area (Å²) in [7, 11) is 0. The molecule has 9 heteroatoms. The Labute approximate surface area is 215 Å². The number of amides is 2. The number of hydrogen-bond acceptors (Lipinski definition) is 5. The molecule has 1 aliphatic heterocycles. The van der Waals surface area contributed by atoms with Crippen LogP contribution in [0, 0.1) is 5.92 Å². The lowest BCUT2D eigenvalue weighted by Gasteiger charge is -2.40. The van der Waals surface area contributed by atoms with Crippen LogP contribution in [-0.2, 0) is 16.1 Å². The van der Waals surface area contributed by atoms with Crippen LogP contribution in [0.3, 0.4) is 0 Å². The van der Waals surface area contributed by atoms with Gasteiger partial charge in [-0.3, -0.25) is 14.6 Å². The lowest BCUT2D eigenvalue weighted by Crippen LogP contribution is -2.55. The maximum Gasteiger partial charge on any atom is 0.244 e. The third kappa shape index (κ3) is 7.85. The van der Waals surface area contributed by atoms with Crippen LogP contribution in [0.5, 0.6) is 5.75 Å². The highest BCUT2D eigenvalue weighted by Gasteiger charge is 2.33. The molecule has 1 aromatic rings. The number of primary amides is 1. The van der Waals surface area contributed by atoms with Crippen LogP contribution in [0.15, 0.2) is 23.2 Å². The van der Waals surface area contributed by atoms with Gasteiger partial charge in [-0.25, -0.2) is 0 Å². The van der Waals surface area contributed by atoms with Crippen LogP contribution in [0.2, 0.25) is 0 Å². The van der Waals surface area contributed by atoms with E-state index in [0.29, 0.717) is 37.2 Å². The van der Waals surface area contributed by atoms with Crippen molar-refractivity contribution in [2.45, 2.75) is 91.0 Å². The van der Waals surface area contributed by atoms with Gasteiger partial charge in [0.05, 0.1) is 6.61 Å². The fourth-order valence-corrected chi connectivity index (χ4v) is 5.07. The zero-order chi connectivity index (χ0) is 26.3. The summed E-state index contributed by atoms with van der Waals surface area (Å²) < 4.78 is 5.81. The number of hydrogen-bond donors (Lipinski definition) is 3. The van der Waals surface area contributed by atoms with E-state index in [1.165, 1.54) is 37.0 Å². The Morgan fingerprint density at radius 3 is 2.64 bits per heavy atom. The average molecular weight is 502 g/mol. The first-order valence-electron chi connectivity index (χ1n) is 13.2. The van der Waals surface area contributed by atoms with Gasteiger partial charge in [-0.1, -0.05) is 19.3 Å². The molecule has 9 nitrogen and oxygen atoms in total. The number of fused-ring (bicyclic) bond motifs is 1. The number of benzene rings is 1. The summed E-state index contributed by atoms with van der Waals surface area (Å²) >= 11 is 0. The molecule has 1 unspecified atom stereocenters. The zero-order valence-electron chi connectivity index (χ0n) is 22.3. The molecule has 4 N–H and O–H groups in total. The first-order chi connectivity index (χ1) is 17.0. The second-order valence-corrected chi connectivity index (χ2v) is 11.0. The molecule has 0 bridgehead atoms. The van der Waals surface area contributed by atoms with Gasteiger partial charge in [0.15, 0.2) is 5.96 Å². The van der Waals surface area contributed by atoms with Gasteiger partial charge in [-0.05, 0) is 76.6 Å². The molecule has 0 spiro atoms. The molecule has 1 aliphatic carbocycles. The Morgan fingerprint density at radius 2 is 2.00 bits per heavy atom. The second-order valence-electron chi connectivity index (χ2n) is 11.0. The molecule has 1 saturated carbocycles. The minimum absolute atomic E-state index is 0.0990. The van der Waals surface area contributed by atoms with E-state index in [9.17, 15) is 14.7 Å². The van der Waals surface area contributed by atoms with Crippen molar-refractivity contribution in [3.63, 3.8) is 0 Å². The van der Waals surface area contributed by atoms with Gasteiger partial charge in [-0.15, -0.1) is 0 Å². The number of carbonyl (C=O) groups excluding carboxylic acids is 2. The van der Waals surface area contributed by atoms with E-state index in [2.05, 4.69) is 5.32 Å². The minimum atomic E-state index is -0.898. The summed E-state index contributed by atoms with van der Waals surface area (Å²) in [6, 6.07) is 5.81. The van der Waals surface area contributed by atoms with Crippen LogP contribution in [0.4, 0.5) is 5.69 Å². The van der Waals surface area contributed by atoms with Crippen molar-refractivity contribution >= 4 is 23.5 Å². The number of aliphatic imine (C=N–C) groups is 1. The largest absolute Gasteiger partial charge is 0.494 e. The lowest BCUT2D eigenvalue weighted by molar-refractivity contribution is -0.149. The summed E-state index contributed by atoms with van der Waals surface area (Å²) in [5.41, 5.74) is 6.62. The van der Waals surface area contributed by atoms with Crippen molar-refractivity contribution < 1.29 is 19.4 Å². The molecule has 2 amide bonds. The standard InChI is InChI=1S/C27H43N5O4/c1-19(33)32(27(2,3)4)25(35)18-31-17-21-15-22(36-14-8-11-24(28)34)12-13-23(21)30-26(31)29-16-20-9-6-5-7-10-20/h12-13,15,19-20,33H,5-11,14,16-18H2,1-4H3,(H2,28,34)(H,29,30). The molecule has 1 aromatic carbocycles. The predicted octanol–water partition coefficient (Wildman–Crippen LogP) is 3.46. The van der Waals surface area contributed by atoms with E-state index in [4.69, 9.17) is 15.5 Å². The highest BCUT2D eigenvalue weighted by atomic mass is 16.5. The maximum atomic E-state index is 13.3. The van der Waals surface area contributed by atoms with Crippen LogP contribution in [-0.4, -0.2) is 64.1 Å². The Kier molecular flexibility index (Phi) is 9.59. The number of ether oxygens (including phenoxy) is 1. The summed E-state index contributed by atoms with van der Waals surface area (Å²) in [4.78, 5) is 32.7. The first kappa shape index (κ1) is 27.8. The maximum absolute atomic E-state index is 13.3. The van der Waals surface area contributed by atoms with Crippen LogP contribution in [0.1, 0.15) is 78.2 Å². The van der Waals surface area contributed by atoms with Crippen molar-refractivity contribution in [2.75, 3.05) is 25.0 Å². The highest BCUT2D eigenvalue weighted by Crippen LogP contribution is 2.29. The molecule has 36 heavy (non-hydrogen) atoms. The third-order valence-corrected chi connectivity index (χ3v) is 6.74. The number of guanidine groups is 1. The number of anilines is 1. The lowest BCUT2D eigenvalue weighted by atomic mass is 9.89. The molecule has 3 rings (SSSR count). The third-order valence-electron chi connectivity index (χ3n) is 6.74. The summed E-state index contributed by atoms with van der Waals surface area (Å²) in [5.74, 6) is 1.47. The van der Waals surface area contributed by atoms with E-state index in [1.807, 2.05) is 43.9 Å². The first-order valence-corrected chi connectivity index (χ1v) is 13.2. The van der Waals surface area contributed by atoms with Gasteiger partial charge < -0.3 is 30.7 Å². The van der Waals surface area contributed by atoms with Gasteiger partial charge >= 0.3 is 0 Å². The van der Waals surface area contributed by atoms with Gasteiger partial charge in [0.1, 0.15) is 18.5 Å². The van der Waals surface area contributed by atoms with Crippen molar-refractivity contribution in [3.05, 3.63) is 23.8 Å². The fraction of sp³-hybridized carbons (Fsp3) is 0.667. The summed E-state index contributed by atoms with van der Waals surface area (Å²) in [6.45, 7) is 9.11. The quantitative estimate of drug-likeness (QED) is 0.334.